The highest BCUT2D eigenvalue weighted by Gasteiger charge is 2.32. The highest BCUT2D eigenvalue weighted by molar-refractivity contribution is 5.88. The molecule has 1 aliphatic carbocycles. The molecule has 1 amide bonds. The summed E-state index contributed by atoms with van der Waals surface area (Å²) in [5.41, 5.74) is 7.60. The summed E-state index contributed by atoms with van der Waals surface area (Å²) in [6.45, 7) is 6.93. The lowest BCUT2D eigenvalue weighted by Crippen LogP contribution is -2.36. The molecular weight excluding hydrogens is 420 g/mol. The fourth-order valence-corrected chi connectivity index (χ4v) is 5.17. The minimum absolute atomic E-state index is 0.344. The van der Waals surface area contributed by atoms with E-state index in [0.29, 0.717) is 12.5 Å². The Morgan fingerprint density at radius 3 is 2.56 bits per heavy atom. The largest absolute Gasteiger partial charge is 0.449 e. The summed E-state index contributed by atoms with van der Waals surface area (Å²) >= 11 is 0. The molecule has 3 aliphatic rings. The van der Waals surface area contributed by atoms with Crippen molar-refractivity contribution >= 4 is 17.5 Å². The summed E-state index contributed by atoms with van der Waals surface area (Å²) in [5, 5.41) is 3.03. The quantitative estimate of drug-likeness (QED) is 0.471. The van der Waals surface area contributed by atoms with Gasteiger partial charge in [0.25, 0.3) is 0 Å². The molecule has 2 heterocycles. The van der Waals surface area contributed by atoms with E-state index in [1.54, 1.807) is 0 Å². The maximum Gasteiger partial charge on any atom is 0.411 e. The first-order chi connectivity index (χ1) is 16.7. The van der Waals surface area contributed by atoms with Crippen LogP contribution in [-0.4, -0.2) is 25.8 Å². The second-order valence-electron chi connectivity index (χ2n) is 9.36. The molecule has 2 aliphatic heterocycles. The Balaban J connectivity index is 0.000000398. The third-order valence-corrected chi connectivity index (χ3v) is 7.00. The Hall–Kier alpha value is -3.01. The van der Waals surface area contributed by atoms with Crippen LogP contribution in [-0.2, 0) is 11.2 Å². The van der Waals surface area contributed by atoms with Crippen molar-refractivity contribution in [1.29, 1.82) is 0 Å². The van der Waals surface area contributed by atoms with E-state index in [0.717, 1.165) is 44.5 Å². The van der Waals surface area contributed by atoms with Crippen LogP contribution < -0.4 is 10.2 Å². The van der Waals surface area contributed by atoms with Gasteiger partial charge in [-0.15, -0.1) is 0 Å². The Bertz CT molecular complexity index is 1010. The lowest BCUT2D eigenvalue weighted by Gasteiger charge is -2.41. The number of benzene rings is 2. The van der Waals surface area contributed by atoms with E-state index in [-0.39, 0.29) is 6.09 Å². The van der Waals surface area contributed by atoms with Gasteiger partial charge in [0, 0.05) is 30.4 Å². The number of rotatable bonds is 5. The van der Waals surface area contributed by atoms with Gasteiger partial charge in [-0.25, -0.2) is 4.79 Å². The van der Waals surface area contributed by atoms with Gasteiger partial charge in [-0.05, 0) is 73.8 Å². The van der Waals surface area contributed by atoms with Crippen molar-refractivity contribution in [3.63, 3.8) is 0 Å². The Morgan fingerprint density at radius 2 is 1.88 bits per heavy atom. The third-order valence-electron chi connectivity index (χ3n) is 7.00. The van der Waals surface area contributed by atoms with E-state index in [9.17, 15) is 4.79 Å². The minimum atomic E-state index is -0.344. The molecule has 0 saturated heterocycles. The zero-order chi connectivity index (χ0) is 23.8. The molecule has 0 bridgehead atoms. The first-order valence-corrected chi connectivity index (χ1v) is 12.9. The molecule has 2 aromatic rings. The number of hydrogen-bond donors (Lipinski definition) is 1. The summed E-state index contributed by atoms with van der Waals surface area (Å²) < 4.78 is 5.35. The molecule has 0 radical (unpaired) electrons. The van der Waals surface area contributed by atoms with Crippen LogP contribution in [0, 0.1) is 6.92 Å². The summed E-state index contributed by atoms with van der Waals surface area (Å²) in [7, 11) is 0. The average Bonchev–Trinajstić information content (AvgIpc) is 2.89. The lowest BCUT2D eigenvalue weighted by molar-refractivity contribution is 0.160. The molecule has 0 aromatic heterocycles. The Morgan fingerprint density at radius 1 is 1.12 bits per heavy atom. The summed E-state index contributed by atoms with van der Waals surface area (Å²) in [4.78, 5) is 14.8. The number of unbranched alkanes of at least 4 members (excludes halogenated alkanes) is 1. The molecule has 1 atom stereocenters. The van der Waals surface area contributed by atoms with Crippen LogP contribution in [0.15, 0.2) is 60.7 Å². The van der Waals surface area contributed by atoms with Crippen LogP contribution in [0.5, 0.6) is 0 Å². The number of ether oxygens (including phenoxy) is 1. The predicted octanol–water partition coefficient (Wildman–Crippen LogP) is 7.52. The monoisotopic (exact) mass is 458 g/mol. The number of amides is 1. The summed E-state index contributed by atoms with van der Waals surface area (Å²) in [5.74, 6) is 0.376. The van der Waals surface area contributed by atoms with Crippen LogP contribution in [0.25, 0.3) is 0 Å². The number of hydrogen-bond acceptors (Lipinski definition) is 3. The molecule has 1 N–H and O–H groups in total. The van der Waals surface area contributed by atoms with Crippen LogP contribution >= 0.6 is 0 Å². The van der Waals surface area contributed by atoms with Gasteiger partial charge >= 0.3 is 6.09 Å². The summed E-state index contributed by atoms with van der Waals surface area (Å²) in [6.07, 6.45) is 15.9. The molecule has 0 spiro atoms. The van der Waals surface area contributed by atoms with E-state index < -0.39 is 0 Å². The first kappa shape index (κ1) is 24.1. The minimum Gasteiger partial charge on any atom is -0.449 e. The van der Waals surface area contributed by atoms with E-state index >= 15 is 0 Å². The van der Waals surface area contributed by atoms with E-state index in [1.807, 2.05) is 0 Å². The smallest absolute Gasteiger partial charge is 0.411 e. The molecule has 4 nitrogen and oxygen atoms in total. The summed E-state index contributed by atoms with van der Waals surface area (Å²) in [6, 6.07) is 13.0. The molecule has 0 fully saturated rings. The van der Waals surface area contributed by atoms with Gasteiger partial charge in [-0.1, -0.05) is 68.0 Å². The number of nitrogens with one attached hydrogen (secondary N) is 1. The van der Waals surface area contributed by atoms with Crippen LogP contribution in [0.2, 0.25) is 0 Å². The van der Waals surface area contributed by atoms with Crippen molar-refractivity contribution in [2.24, 2.45) is 0 Å². The van der Waals surface area contributed by atoms with Gasteiger partial charge in [-0.3, -0.25) is 5.32 Å². The fourth-order valence-electron chi connectivity index (χ4n) is 5.17. The van der Waals surface area contributed by atoms with Crippen molar-refractivity contribution < 1.29 is 9.53 Å². The van der Waals surface area contributed by atoms with E-state index in [4.69, 9.17) is 4.74 Å². The SMILES string of the molecule is C1=CCCC=C1.CCCCOC(=O)Nc1cc2c3c(c1C)CCCN3CCC2c1ccccc1. The normalized spacial score (nSPS) is 17.9. The highest BCUT2D eigenvalue weighted by Crippen LogP contribution is 2.46. The molecule has 180 valence electrons. The van der Waals surface area contributed by atoms with Crippen LogP contribution in [0.3, 0.4) is 0 Å². The van der Waals surface area contributed by atoms with E-state index in [1.165, 1.54) is 47.2 Å². The second kappa shape index (κ2) is 11.9. The Labute approximate surface area is 204 Å². The molecule has 5 rings (SSSR count). The third kappa shape index (κ3) is 5.72. The number of carbonyl (C=O) groups is 1. The molecule has 2 aromatic carbocycles. The van der Waals surface area contributed by atoms with Gasteiger partial charge in [0.05, 0.1) is 6.61 Å². The number of allylic oxidation sites excluding steroid dienone is 4. The molecule has 34 heavy (non-hydrogen) atoms. The molecule has 0 saturated carbocycles. The number of anilines is 2. The van der Waals surface area contributed by atoms with Gasteiger partial charge in [-0.2, -0.15) is 0 Å². The van der Waals surface area contributed by atoms with Crippen molar-refractivity contribution in [1.82, 2.24) is 0 Å². The standard InChI is InChI=1S/C24H30N2O2.C6H8/c1-3-4-15-28-24(27)25-22-16-21-20(18-9-6-5-7-10-18)12-14-26-13-8-11-19(17(22)2)23(21)26;1-2-4-6-5-3-1/h5-7,9-10,16,20H,3-4,8,11-15H2,1-2H3,(H,25,27);1-4H,5-6H2. The van der Waals surface area contributed by atoms with Gasteiger partial charge in [0.1, 0.15) is 0 Å². The van der Waals surface area contributed by atoms with E-state index in [2.05, 4.69) is 84.8 Å². The first-order valence-electron chi connectivity index (χ1n) is 12.9. The molecule has 1 unspecified atom stereocenters. The topological polar surface area (TPSA) is 41.6 Å². The number of carbonyl (C=O) groups excluding carboxylic acids is 1. The maximum absolute atomic E-state index is 12.3. The zero-order valence-electron chi connectivity index (χ0n) is 20.7. The van der Waals surface area contributed by atoms with Gasteiger partial charge in [0.15, 0.2) is 0 Å². The lowest BCUT2D eigenvalue weighted by atomic mass is 9.79. The van der Waals surface area contributed by atoms with Crippen molar-refractivity contribution in [2.75, 3.05) is 29.9 Å². The van der Waals surface area contributed by atoms with Crippen LogP contribution in [0.1, 0.15) is 73.6 Å². The van der Waals surface area contributed by atoms with Crippen molar-refractivity contribution in [3.8, 4) is 0 Å². The van der Waals surface area contributed by atoms with Crippen LogP contribution in [0.4, 0.5) is 16.2 Å². The fraction of sp³-hybridized carbons (Fsp3) is 0.433. The Kier molecular flexibility index (Phi) is 8.46. The highest BCUT2D eigenvalue weighted by atomic mass is 16.5. The molecular formula is C30H38N2O2. The zero-order valence-corrected chi connectivity index (χ0v) is 20.7. The van der Waals surface area contributed by atoms with Crippen molar-refractivity contribution in [3.05, 3.63) is 83.0 Å². The maximum atomic E-state index is 12.3. The van der Waals surface area contributed by atoms with Gasteiger partial charge in [0.2, 0.25) is 0 Å². The van der Waals surface area contributed by atoms with Crippen molar-refractivity contribution in [2.45, 2.75) is 64.7 Å². The predicted molar refractivity (Wildman–Crippen MR) is 142 cm³/mol. The number of nitrogens with zero attached hydrogens (tertiary/aromatic N) is 1. The van der Waals surface area contributed by atoms with Gasteiger partial charge < -0.3 is 9.64 Å². The molecule has 4 heteroatoms. The average molecular weight is 459 g/mol. The second-order valence-corrected chi connectivity index (χ2v) is 9.36.